The molecule has 6 nitrogen and oxygen atoms in total. The summed E-state index contributed by atoms with van der Waals surface area (Å²) in [5.74, 6) is 1.31. The highest BCUT2D eigenvalue weighted by Gasteiger charge is 2.24. The summed E-state index contributed by atoms with van der Waals surface area (Å²) in [4.78, 5) is 30.9. The van der Waals surface area contributed by atoms with E-state index < -0.39 is 0 Å². The van der Waals surface area contributed by atoms with E-state index in [4.69, 9.17) is 0 Å². The first-order valence-corrected chi connectivity index (χ1v) is 12.1. The first kappa shape index (κ1) is 20.4. The fourth-order valence-corrected chi connectivity index (χ4v) is 5.57. The molecule has 0 saturated carbocycles. The van der Waals surface area contributed by atoms with E-state index in [1.165, 1.54) is 23.3 Å². The molecule has 2 aliphatic heterocycles. The summed E-state index contributed by atoms with van der Waals surface area (Å²) in [7, 11) is 0. The number of thiophene rings is 1. The number of benzene rings is 1. The summed E-state index contributed by atoms with van der Waals surface area (Å²) >= 11 is 1.72. The van der Waals surface area contributed by atoms with Gasteiger partial charge >= 0.3 is 0 Å². The Labute approximate surface area is 187 Å². The van der Waals surface area contributed by atoms with Gasteiger partial charge in [-0.3, -0.25) is 9.69 Å². The highest BCUT2D eigenvalue weighted by molar-refractivity contribution is 7.21. The van der Waals surface area contributed by atoms with E-state index in [0.29, 0.717) is 12.5 Å². The number of hydrogen-bond acceptors (Lipinski definition) is 6. The monoisotopic (exact) mass is 435 g/mol. The second kappa shape index (κ2) is 9.32. The highest BCUT2D eigenvalue weighted by atomic mass is 32.1. The van der Waals surface area contributed by atoms with Gasteiger partial charge in [0.2, 0.25) is 5.91 Å². The minimum atomic E-state index is 0.296. The number of amides is 1. The maximum absolute atomic E-state index is 12.7. The van der Waals surface area contributed by atoms with Gasteiger partial charge in [0.15, 0.2) is 0 Å². The molecule has 4 heterocycles. The lowest BCUT2D eigenvalue weighted by atomic mass is 10.2. The van der Waals surface area contributed by atoms with Gasteiger partial charge in [-0.2, -0.15) is 0 Å². The molecule has 0 spiro atoms. The molecule has 5 rings (SSSR count). The Balaban J connectivity index is 1.25. The van der Waals surface area contributed by atoms with Crippen molar-refractivity contribution in [3.8, 4) is 10.4 Å². The van der Waals surface area contributed by atoms with Crippen LogP contribution in [0.3, 0.4) is 0 Å². The predicted octanol–water partition coefficient (Wildman–Crippen LogP) is 3.88. The van der Waals surface area contributed by atoms with Crippen molar-refractivity contribution in [1.29, 1.82) is 0 Å². The van der Waals surface area contributed by atoms with Crippen molar-refractivity contribution in [3.05, 3.63) is 42.7 Å². The number of aromatic nitrogens is 2. The average molecular weight is 436 g/mol. The maximum Gasteiger partial charge on any atom is 0.236 e. The molecule has 0 bridgehead atoms. The van der Waals surface area contributed by atoms with E-state index in [0.717, 1.165) is 68.1 Å². The van der Waals surface area contributed by atoms with Crippen LogP contribution in [0.4, 0.5) is 5.82 Å². The van der Waals surface area contributed by atoms with Crippen molar-refractivity contribution in [2.45, 2.75) is 25.7 Å². The van der Waals surface area contributed by atoms with Crippen LogP contribution in [0.2, 0.25) is 0 Å². The second-order valence-electron chi connectivity index (χ2n) is 8.45. The van der Waals surface area contributed by atoms with Gasteiger partial charge in [-0.25, -0.2) is 9.97 Å². The molecule has 2 fully saturated rings. The molecule has 0 N–H and O–H groups in total. The van der Waals surface area contributed by atoms with E-state index in [2.05, 4.69) is 55.0 Å². The zero-order chi connectivity index (χ0) is 21.0. The number of rotatable bonds is 4. The van der Waals surface area contributed by atoms with Crippen LogP contribution in [-0.2, 0) is 4.79 Å². The summed E-state index contributed by atoms with van der Waals surface area (Å²) in [5, 5.41) is 1.13. The molecule has 162 valence electrons. The quantitative estimate of drug-likeness (QED) is 0.622. The van der Waals surface area contributed by atoms with Crippen LogP contribution in [0.1, 0.15) is 25.7 Å². The largest absolute Gasteiger partial charge is 0.353 e. The molecule has 0 aliphatic carbocycles. The third kappa shape index (κ3) is 4.57. The van der Waals surface area contributed by atoms with Crippen molar-refractivity contribution in [2.75, 3.05) is 50.7 Å². The Hall–Kier alpha value is -2.51. The third-order valence-electron chi connectivity index (χ3n) is 6.36. The number of fused-ring (bicyclic) bond motifs is 1. The topological polar surface area (TPSA) is 52.6 Å². The second-order valence-corrected chi connectivity index (χ2v) is 9.48. The van der Waals surface area contributed by atoms with Crippen LogP contribution in [-0.4, -0.2) is 71.5 Å². The molecule has 0 unspecified atom stereocenters. The van der Waals surface area contributed by atoms with Crippen LogP contribution in [0.15, 0.2) is 42.7 Å². The van der Waals surface area contributed by atoms with Crippen LogP contribution >= 0.6 is 11.3 Å². The molecular weight excluding hydrogens is 406 g/mol. The molecule has 0 radical (unpaired) electrons. The summed E-state index contributed by atoms with van der Waals surface area (Å²) in [6.07, 6.45) is 6.48. The van der Waals surface area contributed by atoms with E-state index >= 15 is 0 Å². The van der Waals surface area contributed by atoms with Crippen molar-refractivity contribution in [1.82, 2.24) is 19.8 Å². The molecule has 3 aromatic rings. The standard InChI is InChI=1S/C24H29N5OS/c30-22(28-10-6-1-2-7-11-28)17-27-12-14-29(15-13-27)23-20-16-21(19-8-4-3-5-9-19)31-24(20)26-18-25-23/h3-5,8-9,16,18H,1-2,6-7,10-15,17H2. The number of likely N-dealkylation sites (tertiary alicyclic amines) is 1. The summed E-state index contributed by atoms with van der Waals surface area (Å²) in [5.41, 5.74) is 1.22. The van der Waals surface area contributed by atoms with E-state index in [1.807, 2.05) is 6.07 Å². The van der Waals surface area contributed by atoms with Crippen LogP contribution in [0.25, 0.3) is 20.7 Å². The molecule has 31 heavy (non-hydrogen) atoms. The maximum atomic E-state index is 12.7. The fourth-order valence-electron chi connectivity index (χ4n) is 4.57. The first-order chi connectivity index (χ1) is 15.3. The lowest BCUT2D eigenvalue weighted by molar-refractivity contribution is -0.132. The van der Waals surface area contributed by atoms with Crippen molar-refractivity contribution < 1.29 is 4.79 Å². The van der Waals surface area contributed by atoms with E-state index in [9.17, 15) is 4.79 Å². The Morgan fingerprint density at radius 2 is 1.65 bits per heavy atom. The minimum Gasteiger partial charge on any atom is -0.353 e. The Morgan fingerprint density at radius 1 is 0.903 bits per heavy atom. The Morgan fingerprint density at radius 3 is 2.39 bits per heavy atom. The number of hydrogen-bond donors (Lipinski definition) is 0. The van der Waals surface area contributed by atoms with Gasteiger partial charge in [0.1, 0.15) is 17.0 Å². The van der Waals surface area contributed by atoms with Crippen LogP contribution in [0.5, 0.6) is 0 Å². The SMILES string of the molecule is O=C(CN1CCN(c2ncnc3sc(-c4ccccc4)cc23)CC1)N1CCCCCC1. The number of carbonyl (C=O) groups is 1. The summed E-state index contributed by atoms with van der Waals surface area (Å²) in [6.45, 7) is 5.95. The fraction of sp³-hybridized carbons (Fsp3) is 0.458. The molecule has 2 aliphatic rings. The summed E-state index contributed by atoms with van der Waals surface area (Å²) in [6, 6.07) is 12.7. The Bertz CT molecular complexity index is 1020. The van der Waals surface area contributed by atoms with Gasteiger partial charge in [0.05, 0.1) is 11.9 Å². The zero-order valence-electron chi connectivity index (χ0n) is 17.9. The highest BCUT2D eigenvalue weighted by Crippen LogP contribution is 2.36. The lowest BCUT2D eigenvalue weighted by Gasteiger charge is -2.36. The van der Waals surface area contributed by atoms with Crippen molar-refractivity contribution in [2.24, 2.45) is 0 Å². The minimum absolute atomic E-state index is 0.296. The van der Waals surface area contributed by atoms with Gasteiger partial charge in [-0.1, -0.05) is 43.2 Å². The predicted molar refractivity (Wildman–Crippen MR) is 127 cm³/mol. The molecule has 0 atom stereocenters. The average Bonchev–Trinajstić information content (AvgIpc) is 3.06. The zero-order valence-corrected chi connectivity index (χ0v) is 18.7. The van der Waals surface area contributed by atoms with Gasteiger partial charge in [0.25, 0.3) is 0 Å². The molecule has 2 aromatic heterocycles. The van der Waals surface area contributed by atoms with Crippen LogP contribution in [0, 0.1) is 0 Å². The smallest absolute Gasteiger partial charge is 0.236 e. The Kier molecular flexibility index (Phi) is 6.13. The third-order valence-corrected chi connectivity index (χ3v) is 7.45. The number of anilines is 1. The molecule has 1 aromatic carbocycles. The summed E-state index contributed by atoms with van der Waals surface area (Å²) < 4.78 is 0. The van der Waals surface area contributed by atoms with Crippen molar-refractivity contribution >= 4 is 33.3 Å². The number of carbonyl (C=O) groups excluding carboxylic acids is 1. The van der Waals surface area contributed by atoms with Gasteiger partial charge < -0.3 is 9.80 Å². The molecular formula is C24H29N5OS. The van der Waals surface area contributed by atoms with E-state index in [-0.39, 0.29) is 0 Å². The van der Waals surface area contributed by atoms with Gasteiger partial charge in [0, 0.05) is 44.1 Å². The van der Waals surface area contributed by atoms with Crippen LogP contribution < -0.4 is 4.90 Å². The normalized spacial score (nSPS) is 18.3. The van der Waals surface area contributed by atoms with Gasteiger partial charge in [-0.05, 0) is 24.5 Å². The lowest BCUT2D eigenvalue weighted by Crippen LogP contribution is -2.50. The van der Waals surface area contributed by atoms with E-state index in [1.54, 1.807) is 17.7 Å². The van der Waals surface area contributed by atoms with Gasteiger partial charge in [-0.15, -0.1) is 11.3 Å². The van der Waals surface area contributed by atoms with Crippen molar-refractivity contribution in [3.63, 3.8) is 0 Å². The first-order valence-electron chi connectivity index (χ1n) is 11.3. The molecule has 2 saturated heterocycles. The molecule has 1 amide bonds. The molecule has 7 heteroatoms. The number of nitrogens with zero attached hydrogens (tertiary/aromatic N) is 5. The number of piperazine rings is 1.